The summed E-state index contributed by atoms with van der Waals surface area (Å²) in [6.45, 7) is 1.42. The van der Waals surface area contributed by atoms with Crippen molar-refractivity contribution in [3.63, 3.8) is 0 Å². The number of thioether (sulfide) groups is 1. The fourth-order valence-electron chi connectivity index (χ4n) is 3.30. The van der Waals surface area contributed by atoms with Crippen LogP contribution in [0.15, 0.2) is 71.1 Å². The first-order valence-electron chi connectivity index (χ1n) is 10.4. The minimum absolute atomic E-state index is 0.128. The lowest BCUT2D eigenvalue weighted by Crippen LogP contribution is -2.14. The number of hydrogen-bond donors (Lipinski definition) is 3. The minimum atomic E-state index is -0.221. The molecule has 0 radical (unpaired) electrons. The maximum Gasteiger partial charge on any atom is 0.234 e. The van der Waals surface area contributed by atoms with E-state index >= 15 is 0 Å². The van der Waals surface area contributed by atoms with Crippen molar-refractivity contribution in [2.24, 2.45) is 0 Å². The fourth-order valence-corrected chi connectivity index (χ4v) is 4.87. The second-order valence-corrected chi connectivity index (χ2v) is 9.54. The van der Waals surface area contributed by atoms with Crippen molar-refractivity contribution in [3.05, 3.63) is 72.3 Å². The molecule has 0 aliphatic heterocycles. The fraction of sp³-hybridized carbons (Fsp3) is 0.125. The van der Waals surface area contributed by atoms with Gasteiger partial charge >= 0.3 is 0 Å². The van der Waals surface area contributed by atoms with Gasteiger partial charge in [0.05, 0.1) is 12.2 Å². The van der Waals surface area contributed by atoms with Crippen LogP contribution in [-0.2, 0) is 20.8 Å². The molecule has 0 atom stereocenters. The Bertz CT molecular complexity index is 1350. The Kier molecular flexibility index (Phi) is 7.51. The Labute approximate surface area is 204 Å². The van der Waals surface area contributed by atoms with E-state index in [1.807, 2.05) is 42.5 Å². The Morgan fingerprint density at radius 3 is 2.41 bits per heavy atom. The van der Waals surface area contributed by atoms with E-state index < -0.39 is 0 Å². The number of carbonyl (C=O) groups is 3. The molecular weight excluding hydrogens is 470 g/mol. The van der Waals surface area contributed by atoms with E-state index in [-0.39, 0.29) is 29.9 Å². The number of nitrogens with one attached hydrogen (secondary N) is 3. The van der Waals surface area contributed by atoms with Crippen LogP contribution in [0, 0.1) is 0 Å². The third-order valence-electron chi connectivity index (χ3n) is 4.68. The van der Waals surface area contributed by atoms with Gasteiger partial charge < -0.3 is 16.0 Å². The third-order valence-corrected chi connectivity index (χ3v) is 6.65. The summed E-state index contributed by atoms with van der Waals surface area (Å²) in [5.41, 5.74) is 2.12. The molecule has 3 amide bonds. The zero-order valence-electron chi connectivity index (χ0n) is 18.2. The van der Waals surface area contributed by atoms with E-state index in [9.17, 15) is 14.4 Å². The van der Waals surface area contributed by atoms with Crippen molar-refractivity contribution in [1.29, 1.82) is 0 Å². The smallest absolute Gasteiger partial charge is 0.234 e. The highest BCUT2D eigenvalue weighted by Gasteiger charge is 2.12. The summed E-state index contributed by atoms with van der Waals surface area (Å²) < 4.78 is 0.572. The zero-order valence-corrected chi connectivity index (χ0v) is 19.8. The van der Waals surface area contributed by atoms with Gasteiger partial charge in [0, 0.05) is 18.3 Å². The van der Waals surface area contributed by atoms with Crippen LogP contribution in [0.4, 0.5) is 16.5 Å². The van der Waals surface area contributed by atoms with Crippen LogP contribution in [0.25, 0.3) is 10.8 Å². The van der Waals surface area contributed by atoms with Gasteiger partial charge in [-0.05, 0) is 34.5 Å². The predicted molar refractivity (Wildman–Crippen MR) is 136 cm³/mol. The maximum absolute atomic E-state index is 12.5. The molecule has 0 saturated carbocycles. The van der Waals surface area contributed by atoms with Crippen LogP contribution in [0.1, 0.15) is 12.5 Å². The van der Waals surface area contributed by atoms with Gasteiger partial charge in [0.25, 0.3) is 0 Å². The Morgan fingerprint density at radius 1 is 0.853 bits per heavy atom. The Balaban J connectivity index is 1.28. The zero-order chi connectivity index (χ0) is 23.9. The molecule has 0 saturated heterocycles. The van der Waals surface area contributed by atoms with Gasteiger partial charge in [-0.15, -0.1) is 10.2 Å². The number of amides is 3. The second kappa shape index (κ2) is 10.9. The quantitative estimate of drug-likeness (QED) is 0.246. The number of anilines is 3. The van der Waals surface area contributed by atoms with Gasteiger partial charge in [-0.1, -0.05) is 71.6 Å². The SMILES string of the molecule is CC(=O)Nc1cccc(NC(=O)CSc2nnc(NC(=O)Cc3cccc4ccccc34)s2)c1. The van der Waals surface area contributed by atoms with Crippen molar-refractivity contribution in [1.82, 2.24) is 10.2 Å². The average molecular weight is 492 g/mol. The molecule has 3 aromatic carbocycles. The Hall–Kier alpha value is -3.76. The molecule has 172 valence electrons. The highest BCUT2D eigenvalue weighted by Crippen LogP contribution is 2.26. The molecule has 4 aromatic rings. The van der Waals surface area contributed by atoms with Gasteiger partial charge in [0.1, 0.15) is 0 Å². The van der Waals surface area contributed by atoms with Crippen molar-refractivity contribution in [2.75, 3.05) is 21.7 Å². The van der Waals surface area contributed by atoms with Gasteiger partial charge in [0.15, 0.2) is 4.34 Å². The lowest BCUT2D eigenvalue weighted by molar-refractivity contribution is -0.116. The van der Waals surface area contributed by atoms with E-state index in [1.54, 1.807) is 24.3 Å². The van der Waals surface area contributed by atoms with Crippen LogP contribution in [0.3, 0.4) is 0 Å². The largest absolute Gasteiger partial charge is 0.326 e. The number of rotatable bonds is 8. The molecule has 3 N–H and O–H groups in total. The van der Waals surface area contributed by atoms with Crippen LogP contribution in [0.5, 0.6) is 0 Å². The van der Waals surface area contributed by atoms with Crippen molar-refractivity contribution >= 4 is 68.1 Å². The number of fused-ring (bicyclic) bond motifs is 1. The van der Waals surface area contributed by atoms with E-state index in [0.29, 0.717) is 20.8 Å². The summed E-state index contributed by atoms with van der Waals surface area (Å²) in [6.07, 6.45) is 0.226. The normalized spacial score (nSPS) is 10.6. The number of nitrogens with zero attached hydrogens (tertiary/aromatic N) is 2. The molecule has 0 fully saturated rings. The van der Waals surface area contributed by atoms with Gasteiger partial charge in [-0.25, -0.2) is 0 Å². The van der Waals surface area contributed by atoms with Crippen molar-refractivity contribution < 1.29 is 14.4 Å². The molecule has 0 spiro atoms. The number of hydrogen-bond acceptors (Lipinski definition) is 7. The number of carbonyl (C=O) groups excluding carboxylic acids is 3. The first-order valence-corrected chi connectivity index (χ1v) is 12.2. The predicted octanol–water partition coefficient (Wildman–Crippen LogP) is 4.56. The topological polar surface area (TPSA) is 113 Å². The van der Waals surface area contributed by atoms with Crippen LogP contribution in [-0.4, -0.2) is 33.7 Å². The summed E-state index contributed by atoms with van der Waals surface area (Å²) in [7, 11) is 0. The molecule has 0 aliphatic rings. The number of benzene rings is 3. The first-order chi connectivity index (χ1) is 16.5. The van der Waals surface area contributed by atoms with E-state index in [1.165, 1.54) is 30.0 Å². The lowest BCUT2D eigenvalue weighted by atomic mass is 10.0. The Morgan fingerprint density at radius 2 is 1.59 bits per heavy atom. The summed E-state index contributed by atoms with van der Waals surface area (Å²) in [5.74, 6) is -0.457. The van der Waals surface area contributed by atoms with E-state index in [0.717, 1.165) is 16.3 Å². The molecule has 0 unspecified atom stereocenters. The first kappa shape index (κ1) is 23.4. The minimum Gasteiger partial charge on any atom is -0.326 e. The molecule has 1 aromatic heterocycles. The van der Waals surface area contributed by atoms with Crippen molar-refractivity contribution in [2.45, 2.75) is 17.7 Å². The van der Waals surface area contributed by atoms with Crippen LogP contribution >= 0.6 is 23.1 Å². The third kappa shape index (κ3) is 6.40. The molecule has 34 heavy (non-hydrogen) atoms. The lowest BCUT2D eigenvalue weighted by Gasteiger charge is -2.07. The van der Waals surface area contributed by atoms with Crippen LogP contribution < -0.4 is 16.0 Å². The molecule has 0 aliphatic carbocycles. The molecular formula is C24H21N5O3S2. The van der Waals surface area contributed by atoms with E-state index in [2.05, 4.69) is 26.1 Å². The highest BCUT2D eigenvalue weighted by atomic mass is 32.2. The van der Waals surface area contributed by atoms with Gasteiger partial charge in [0.2, 0.25) is 22.9 Å². The summed E-state index contributed by atoms with van der Waals surface area (Å²) in [6, 6.07) is 20.7. The molecule has 10 heteroatoms. The summed E-state index contributed by atoms with van der Waals surface area (Å²) in [4.78, 5) is 36.0. The highest BCUT2D eigenvalue weighted by molar-refractivity contribution is 8.01. The summed E-state index contributed by atoms with van der Waals surface area (Å²) in [5, 5.41) is 18.8. The molecule has 1 heterocycles. The molecule has 4 rings (SSSR count). The second-order valence-electron chi connectivity index (χ2n) is 7.34. The number of aromatic nitrogens is 2. The van der Waals surface area contributed by atoms with Crippen molar-refractivity contribution in [3.8, 4) is 0 Å². The maximum atomic E-state index is 12.5. The monoisotopic (exact) mass is 491 g/mol. The van der Waals surface area contributed by atoms with Gasteiger partial charge in [-0.2, -0.15) is 0 Å². The summed E-state index contributed by atoms with van der Waals surface area (Å²) >= 11 is 2.44. The van der Waals surface area contributed by atoms with Crippen LogP contribution in [0.2, 0.25) is 0 Å². The average Bonchev–Trinajstić information content (AvgIpc) is 3.25. The van der Waals surface area contributed by atoms with Gasteiger partial charge in [-0.3, -0.25) is 14.4 Å². The standard InChI is InChI=1S/C24H21N5O3S2/c1-15(30)25-18-9-5-10-19(13-18)26-22(32)14-33-24-29-28-23(34-24)27-21(31)12-17-8-4-7-16-6-2-3-11-20(16)17/h2-11,13H,12,14H2,1H3,(H,25,30)(H,26,32)(H,27,28,31). The van der Waals surface area contributed by atoms with E-state index in [4.69, 9.17) is 0 Å². The molecule has 0 bridgehead atoms. The molecule has 8 nitrogen and oxygen atoms in total.